The van der Waals surface area contributed by atoms with Crippen LogP contribution in [0.3, 0.4) is 0 Å². The molecule has 0 bridgehead atoms. The van der Waals surface area contributed by atoms with E-state index in [9.17, 15) is 14.9 Å². The van der Waals surface area contributed by atoms with Crippen molar-refractivity contribution in [3.8, 4) is 16.9 Å². The lowest BCUT2D eigenvalue weighted by Gasteiger charge is -2.15. The summed E-state index contributed by atoms with van der Waals surface area (Å²) in [5.41, 5.74) is 5.30. The van der Waals surface area contributed by atoms with Crippen LogP contribution in [-0.4, -0.2) is 17.4 Å². The number of anilines is 1. The normalized spacial score (nSPS) is 11.4. The third kappa shape index (κ3) is 4.54. The number of nitro benzene ring substituents is 1. The van der Waals surface area contributed by atoms with Gasteiger partial charge in [-0.05, 0) is 44.0 Å². The summed E-state index contributed by atoms with van der Waals surface area (Å²) in [7, 11) is 0. The van der Waals surface area contributed by atoms with Crippen LogP contribution in [0.5, 0.6) is 5.75 Å². The molecule has 4 rings (SSSR count). The molecule has 0 radical (unpaired) electrons. The van der Waals surface area contributed by atoms with Crippen LogP contribution in [-0.2, 0) is 4.79 Å². The molecule has 0 aliphatic heterocycles. The molecule has 0 saturated heterocycles. The lowest BCUT2D eigenvalue weighted by molar-refractivity contribution is -0.384. The molecule has 4 aromatic rings. The predicted molar refractivity (Wildman–Crippen MR) is 133 cm³/mol. The summed E-state index contributed by atoms with van der Waals surface area (Å²) in [5.74, 6) is 0.259. The Morgan fingerprint density at radius 1 is 1.15 bits per heavy atom. The summed E-state index contributed by atoms with van der Waals surface area (Å²) >= 11 is 0. The van der Waals surface area contributed by atoms with Gasteiger partial charge in [0.2, 0.25) is 5.91 Å². The summed E-state index contributed by atoms with van der Waals surface area (Å²) in [5, 5.41) is 14.6. The number of ether oxygens (including phenoxy) is 1. The number of carbonyl (C=O) groups excluding carboxylic acids is 1. The molecule has 0 atom stereocenters. The lowest BCUT2D eigenvalue weighted by atomic mass is 9.96. The van der Waals surface area contributed by atoms with Gasteiger partial charge in [-0.3, -0.25) is 14.9 Å². The Labute approximate surface area is 196 Å². The summed E-state index contributed by atoms with van der Waals surface area (Å²) in [4.78, 5) is 23.2. The van der Waals surface area contributed by atoms with Crippen molar-refractivity contribution in [1.82, 2.24) is 0 Å². The summed E-state index contributed by atoms with van der Waals surface area (Å²) in [6, 6.07) is 17.7. The molecule has 0 spiro atoms. The van der Waals surface area contributed by atoms with Gasteiger partial charge in [-0.15, -0.1) is 0 Å². The molecule has 34 heavy (non-hydrogen) atoms. The molecule has 1 aromatic heterocycles. The molecule has 172 valence electrons. The van der Waals surface area contributed by atoms with E-state index in [0.29, 0.717) is 23.6 Å². The Kier molecular flexibility index (Phi) is 6.45. The van der Waals surface area contributed by atoms with Gasteiger partial charge < -0.3 is 14.5 Å². The summed E-state index contributed by atoms with van der Waals surface area (Å²) in [6.45, 7) is 6.13. The predicted octanol–water partition coefficient (Wildman–Crippen LogP) is 6.76. The van der Waals surface area contributed by atoms with E-state index < -0.39 is 10.8 Å². The minimum absolute atomic E-state index is 0.0911. The van der Waals surface area contributed by atoms with Gasteiger partial charge >= 0.3 is 0 Å². The van der Waals surface area contributed by atoms with E-state index in [0.717, 1.165) is 33.2 Å². The number of fused-ring (bicyclic) bond motifs is 1. The number of amides is 1. The second kappa shape index (κ2) is 9.62. The van der Waals surface area contributed by atoms with Gasteiger partial charge in [0.15, 0.2) is 0 Å². The third-order valence-corrected chi connectivity index (χ3v) is 5.51. The number of non-ortho nitro benzene ring substituents is 1. The van der Waals surface area contributed by atoms with Crippen LogP contribution in [0, 0.1) is 17.0 Å². The van der Waals surface area contributed by atoms with Crippen LogP contribution >= 0.6 is 0 Å². The van der Waals surface area contributed by atoms with Crippen LogP contribution < -0.4 is 10.1 Å². The smallest absolute Gasteiger partial charge is 0.271 e. The number of carbonyl (C=O) groups is 1. The topological polar surface area (TPSA) is 94.6 Å². The number of hydrogen-bond acceptors (Lipinski definition) is 5. The Morgan fingerprint density at radius 3 is 2.62 bits per heavy atom. The quantitative estimate of drug-likeness (QED) is 0.188. The maximum atomic E-state index is 12.7. The Hall–Kier alpha value is -4.39. The number of furan rings is 1. The van der Waals surface area contributed by atoms with Gasteiger partial charge in [-0.25, -0.2) is 0 Å². The van der Waals surface area contributed by atoms with Gasteiger partial charge in [0.25, 0.3) is 5.69 Å². The Bertz CT molecular complexity index is 1400. The number of nitro groups is 1. The molecule has 0 fully saturated rings. The van der Waals surface area contributed by atoms with Crippen LogP contribution in [0.2, 0.25) is 0 Å². The molecule has 3 aromatic carbocycles. The van der Waals surface area contributed by atoms with E-state index in [1.54, 1.807) is 12.3 Å². The number of allylic oxidation sites excluding steroid dienone is 1. The molecule has 7 nitrogen and oxygen atoms in total. The van der Waals surface area contributed by atoms with Crippen LogP contribution in [0.1, 0.15) is 25.0 Å². The zero-order valence-corrected chi connectivity index (χ0v) is 19.1. The van der Waals surface area contributed by atoms with Crippen molar-refractivity contribution in [3.05, 3.63) is 94.2 Å². The molecule has 1 amide bonds. The SMILES string of the molecule is CCOc1c(/C(C)=C/C(=O)Nc2cccc([N+](=O)[O-])c2)cc2c(-c3ccccc3)coc2c1C. The van der Waals surface area contributed by atoms with Crippen molar-refractivity contribution >= 4 is 33.8 Å². The van der Waals surface area contributed by atoms with E-state index in [-0.39, 0.29) is 5.69 Å². The molecule has 1 heterocycles. The van der Waals surface area contributed by atoms with E-state index in [2.05, 4.69) is 5.32 Å². The third-order valence-electron chi connectivity index (χ3n) is 5.51. The van der Waals surface area contributed by atoms with E-state index in [1.165, 1.54) is 24.3 Å². The van der Waals surface area contributed by atoms with Crippen LogP contribution in [0.15, 0.2) is 77.4 Å². The van der Waals surface area contributed by atoms with Crippen molar-refractivity contribution in [2.24, 2.45) is 0 Å². The maximum absolute atomic E-state index is 12.7. The van der Waals surface area contributed by atoms with Gasteiger partial charge in [-0.2, -0.15) is 0 Å². The molecule has 0 aliphatic rings. The largest absolute Gasteiger partial charge is 0.493 e. The molecular formula is C27H24N2O5. The fraction of sp³-hybridized carbons (Fsp3) is 0.148. The number of rotatable bonds is 7. The fourth-order valence-electron chi connectivity index (χ4n) is 3.93. The molecule has 0 saturated carbocycles. The lowest BCUT2D eigenvalue weighted by Crippen LogP contribution is -2.09. The van der Waals surface area contributed by atoms with E-state index in [4.69, 9.17) is 9.15 Å². The van der Waals surface area contributed by atoms with Crippen LogP contribution in [0.4, 0.5) is 11.4 Å². The highest BCUT2D eigenvalue weighted by atomic mass is 16.6. The van der Waals surface area contributed by atoms with Crippen molar-refractivity contribution < 1.29 is 18.9 Å². The minimum Gasteiger partial charge on any atom is -0.493 e. The second-order valence-corrected chi connectivity index (χ2v) is 7.83. The van der Waals surface area contributed by atoms with Gasteiger partial charge in [0, 0.05) is 46.0 Å². The van der Waals surface area contributed by atoms with Crippen molar-refractivity contribution in [2.75, 3.05) is 11.9 Å². The molecular weight excluding hydrogens is 432 g/mol. The molecule has 1 N–H and O–H groups in total. The first-order valence-electron chi connectivity index (χ1n) is 10.9. The highest BCUT2D eigenvalue weighted by Gasteiger charge is 2.19. The number of nitrogens with one attached hydrogen (secondary N) is 1. The van der Waals surface area contributed by atoms with Crippen molar-refractivity contribution in [2.45, 2.75) is 20.8 Å². The first-order chi connectivity index (χ1) is 16.4. The van der Waals surface area contributed by atoms with Crippen molar-refractivity contribution in [1.29, 1.82) is 0 Å². The number of nitrogens with zero attached hydrogens (tertiary/aromatic N) is 1. The first kappa shape index (κ1) is 22.8. The average molecular weight is 456 g/mol. The highest BCUT2D eigenvalue weighted by molar-refractivity contribution is 6.06. The minimum atomic E-state index is -0.502. The standard InChI is InChI=1S/C27H24N2O5/c1-4-33-26-18(3)27-23(24(16-34-27)19-9-6-5-7-10-19)15-22(26)17(2)13-25(30)28-20-11-8-12-21(14-20)29(31)32/h5-16H,4H2,1-3H3,(H,28,30)/b17-13+. The summed E-state index contributed by atoms with van der Waals surface area (Å²) < 4.78 is 11.9. The van der Waals surface area contributed by atoms with Gasteiger partial charge in [0.05, 0.1) is 17.8 Å². The number of hydrogen-bond donors (Lipinski definition) is 1. The van der Waals surface area contributed by atoms with Crippen LogP contribution in [0.25, 0.3) is 27.7 Å². The average Bonchev–Trinajstić information content (AvgIpc) is 3.25. The summed E-state index contributed by atoms with van der Waals surface area (Å²) in [6.07, 6.45) is 3.20. The van der Waals surface area contributed by atoms with E-state index in [1.807, 2.05) is 57.2 Å². The number of benzene rings is 3. The van der Waals surface area contributed by atoms with E-state index >= 15 is 0 Å². The second-order valence-electron chi connectivity index (χ2n) is 7.83. The highest BCUT2D eigenvalue weighted by Crippen LogP contribution is 2.40. The van der Waals surface area contributed by atoms with Crippen molar-refractivity contribution in [3.63, 3.8) is 0 Å². The maximum Gasteiger partial charge on any atom is 0.271 e. The monoisotopic (exact) mass is 456 g/mol. The van der Waals surface area contributed by atoms with Gasteiger partial charge in [-0.1, -0.05) is 36.4 Å². The first-order valence-corrected chi connectivity index (χ1v) is 10.9. The zero-order chi connectivity index (χ0) is 24.2. The number of aryl methyl sites for hydroxylation is 1. The Morgan fingerprint density at radius 2 is 1.91 bits per heavy atom. The molecule has 0 aliphatic carbocycles. The molecule has 7 heteroatoms. The fourth-order valence-corrected chi connectivity index (χ4v) is 3.93. The Balaban J connectivity index is 1.74. The zero-order valence-electron chi connectivity index (χ0n) is 19.1. The molecule has 0 unspecified atom stereocenters. The van der Waals surface area contributed by atoms with Gasteiger partial charge in [0.1, 0.15) is 11.3 Å².